The third-order valence-electron chi connectivity index (χ3n) is 3.70. The smallest absolute Gasteiger partial charge is 0.343 e. The number of hydrogen-bond acceptors (Lipinski definition) is 4. The van der Waals surface area contributed by atoms with Crippen LogP contribution < -0.4 is 4.74 Å². The van der Waals surface area contributed by atoms with Crippen molar-refractivity contribution in [3.8, 4) is 5.75 Å². The SMILES string of the molecule is O=C(Oc1ccc2ccncc2c1)c1ccc2ccncc2c1. The van der Waals surface area contributed by atoms with Crippen molar-refractivity contribution in [1.82, 2.24) is 9.97 Å². The third kappa shape index (κ3) is 2.62. The largest absolute Gasteiger partial charge is 0.423 e. The van der Waals surface area contributed by atoms with Crippen LogP contribution in [0.5, 0.6) is 5.75 Å². The van der Waals surface area contributed by atoms with E-state index in [1.807, 2.05) is 30.3 Å². The zero-order valence-electron chi connectivity index (χ0n) is 12.1. The van der Waals surface area contributed by atoms with E-state index < -0.39 is 0 Å². The van der Waals surface area contributed by atoms with Crippen LogP contribution in [0, 0.1) is 0 Å². The Kier molecular flexibility index (Phi) is 3.20. The second kappa shape index (κ2) is 5.50. The highest BCUT2D eigenvalue weighted by Crippen LogP contribution is 2.21. The fraction of sp³-hybridized carbons (Fsp3) is 0. The van der Waals surface area contributed by atoms with E-state index in [1.165, 1.54) is 0 Å². The molecule has 0 aliphatic rings. The van der Waals surface area contributed by atoms with E-state index in [0.717, 1.165) is 21.5 Å². The summed E-state index contributed by atoms with van der Waals surface area (Å²) in [7, 11) is 0. The highest BCUT2D eigenvalue weighted by molar-refractivity contribution is 5.96. The van der Waals surface area contributed by atoms with Gasteiger partial charge in [-0.05, 0) is 47.2 Å². The maximum absolute atomic E-state index is 12.3. The molecule has 0 radical (unpaired) electrons. The fourth-order valence-corrected chi connectivity index (χ4v) is 2.50. The van der Waals surface area contributed by atoms with Crippen LogP contribution in [0.3, 0.4) is 0 Å². The number of nitrogens with zero attached hydrogens (tertiary/aromatic N) is 2. The number of hydrogen-bond donors (Lipinski definition) is 0. The second-order valence-electron chi connectivity index (χ2n) is 5.21. The van der Waals surface area contributed by atoms with Gasteiger partial charge in [0.15, 0.2) is 0 Å². The molecular formula is C19H12N2O2. The Balaban J connectivity index is 1.64. The topological polar surface area (TPSA) is 52.1 Å². The summed E-state index contributed by atoms with van der Waals surface area (Å²) in [6.45, 7) is 0. The Hall–Kier alpha value is -3.27. The van der Waals surface area contributed by atoms with E-state index >= 15 is 0 Å². The molecule has 0 N–H and O–H groups in total. The van der Waals surface area contributed by atoms with Crippen LogP contribution in [0.25, 0.3) is 21.5 Å². The number of aromatic nitrogens is 2. The molecule has 0 aliphatic heterocycles. The summed E-state index contributed by atoms with van der Waals surface area (Å²) in [6, 6.07) is 14.7. The Labute approximate surface area is 132 Å². The first-order chi connectivity index (χ1) is 11.3. The number of carbonyl (C=O) groups is 1. The van der Waals surface area contributed by atoms with Crippen LogP contribution in [0.4, 0.5) is 0 Å². The lowest BCUT2D eigenvalue weighted by molar-refractivity contribution is 0.0735. The molecule has 4 nitrogen and oxygen atoms in total. The van der Waals surface area contributed by atoms with Gasteiger partial charge in [-0.25, -0.2) is 4.79 Å². The van der Waals surface area contributed by atoms with Gasteiger partial charge in [0, 0.05) is 35.6 Å². The standard InChI is InChI=1S/C19H12N2O2/c22-19(15-2-1-13-5-7-20-11-16(13)9-15)23-18-4-3-14-6-8-21-12-17(14)10-18/h1-12H. The van der Waals surface area contributed by atoms with Crippen LogP contribution in [-0.4, -0.2) is 15.9 Å². The van der Waals surface area contributed by atoms with Crippen molar-refractivity contribution < 1.29 is 9.53 Å². The summed E-state index contributed by atoms with van der Waals surface area (Å²) >= 11 is 0. The summed E-state index contributed by atoms with van der Waals surface area (Å²) in [4.78, 5) is 20.5. The first-order valence-electron chi connectivity index (χ1n) is 7.19. The Bertz CT molecular complexity index is 1030. The average molecular weight is 300 g/mol. The lowest BCUT2D eigenvalue weighted by Gasteiger charge is -2.06. The minimum atomic E-state index is -0.390. The summed E-state index contributed by atoms with van der Waals surface area (Å²) in [6.07, 6.45) is 6.93. The van der Waals surface area contributed by atoms with Crippen LogP contribution in [0.15, 0.2) is 73.3 Å². The number of ether oxygens (including phenoxy) is 1. The predicted molar refractivity (Wildman–Crippen MR) is 88.4 cm³/mol. The fourth-order valence-electron chi connectivity index (χ4n) is 2.50. The summed E-state index contributed by atoms with van der Waals surface area (Å²) in [5.74, 6) is 0.112. The van der Waals surface area contributed by atoms with Gasteiger partial charge in [-0.3, -0.25) is 9.97 Å². The molecule has 0 bridgehead atoms. The molecule has 110 valence electrons. The van der Waals surface area contributed by atoms with Gasteiger partial charge in [0.05, 0.1) is 5.56 Å². The Morgan fingerprint density at radius 1 is 0.739 bits per heavy atom. The maximum Gasteiger partial charge on any atom is 0.343 e. The molecule has 0 unspecified atom stereocenters. The van der Waals surface area contributed by atoms with E-state index in [9.17, 15) is 4.79 Å². The normalized spacial score (nSPS) is 10.8. The van der Waals surface area contributed by atoms with Crippen molar-refractivity contribution in [2.45, 2.75) is 0 Å². The first kappa shape index (κ1) is 13.4. The molecule has 2 aromatic heterocycles. The molecule has 0 aliphatic carbocycles. The summed E-state index contributed by atoms with van der Waals surface area (Å²) in [5, 5.41) is 3.93. The number of rotatable bonds is 2. The highest BCUT2D eigenvalue weighted by atomic mass is 16.5. The van der Waals surface area contributed by atoms with Crippen molar-refractivity contribution in [2.24, 2.45) is 0 Å². The first-order valence-corrected chi connectivity index (χ1v) is 7.19. The van der Waals surface area contributed by atoms with Crippen LogP contribution in [0.1, 0.15) is 10.4 Å². The van der Waals surface area contributed by atoms with Gasteiger partial charge in [-0.2, -0.15) is 0 Å². The van der Waals surface area contributed by atoms with Crippen molar-refractivity contribution in [1.29, 1.82) is 0 Å². The van der Waals surface area contributed by atoms with Crippen LogP contribution >= 0.6 is 0 Å². The zero-order valence-corrected chi connectivity index (χ0v) is 12.1. The molecule has 2 heterocycles. The van der Waals surface area contributed by atoms with E-state index in [-0.39, 0.29) is 5.97 Å². The van der Waals surface area contributed by atoms with E-state index in [4.69, 9.17) is 4.74 Å². The quantitative estimate of drug-likeness (QED) is 0.415. The molecule has 23 heavy (non-hydrogen) atoms. The summed E-state index contributed by atoms with van der Waals surface area (Å²) < 4.78 is 5.47. The van der Waals surface area contributed by atoms with Crippen LogP contribution in [0.2, 0.25) is 0 Å². The second-order valence-corrected chi connectivity index (χ2v) is 5.21. The lowest BCUT2D eigenvalue weighted by Crippen LogP contribution is -2.08. The van der Waals surface area contributed by atoms with Crippen molar-refractivity contribution in [2.75, 3.05) is 0 Å². The molecule has 0 spiro atoms. The number of pyridine rings is 2. The van der Waals surface area contributed by atoms with Crippen molar-refractivity contribution >= 4 is 27.5 Å². The molecule has 0 saturated heterocycles. The monoisotopic (exact) mass is 300 g/mol. The van der Waals surface area contributed by atoms with Crippen LogP contribution in [-0.2, 0) is 0 Å². The van der Waals surface area contributed by atoms with Gasteiger partial charge in [-0.1, -0.05) is 12.1 Å². The molecule has 0 atom stereocenters. The average Bonchev–Trinajstić information content (AvgIpc) is 2.61. The van der Waals surface area contributed by atoms with E-state index in [2.05, 4.69) is 9.97 Å². The minimum Gasteiger partial charge on any atom is -0.423 e. The maximum atomic E-state index is 12.3. The van der Waals surface area contributed by atoms with Gasteiger partial charge in [-0.15, -0.1) is 0 Å². The van der Waals surface area contributed by atoms with Gasteiger partial charge in [0.25, 0.3) is 0 Å². The number of esters is 1. The van der Waals surface area contributed by atoms with Crippen molar-refractivity contribution in [3.63, 3.8) is 0 Å². The molecule has 0 amide bonds. The number of carbonyl (C=O) groups excluding carboxylic acids is 1. The van der Waals surface area contributed by atoms with E-state index in [0.29, 0.717) is 11.3 Å². The zero-order chi connectivity index (χ0) is 15.6. The van der Waals surface area contributed by atoms with Gasteiger partial charge < -0.3 is 4.74 Å². The molecular weight excluding hydrogens is 288 g/mol. The summed E-state index contributed by atoms with van der Waals surface area (Å²) in [5.41, 5.74) is 0.497. The Morgan fingerprint density at radius 2 is 1.39 bits per heavy atom. The minimum absolute atomic E-state index is 0.390. The van der Waals surface area contributed by atoms with Gasteiger partial charge in [0.1, 0.15) is 5.75 Å². The number of fused-ring (bicyclic) bond motifs is 2. The molecule has 4 aromatic rings. The number of benzene rings is 2. The molecule has 0 fully saturated rings. The molecule has 0 saturated carbocycles. The molecule has 4 rings (SSSR count). The van der Waals surface area contributed by atoms with Crippen molar-refractivity contribution in [3.05, 3.63) is 78.9 Å². The predicted octanol–water partition coefficient (Wildman–Crippen LogP) is 4.00. The third-order valence-corrected chi connectivity index (χ3v) is 3.70. The van der Waals surface area contributed by atoms with Gasteiger partial charge in [0.2, 0.25) is 0 Å². The highest BCUT2D eigenvalue weighted by Gasteiger charge is 2.10. The Morgan fingerprint density at radius 3 is 2.13 bits per heavy atom. The van der Waals surface area contributed by atoms with E-state index in [1.54, 1.807) is 43.0 Å². The molecule has 2 aromatic carbocycles. The molecule has 4 heteroatoms. The lowest BCUT2D eigenvalue weighted by atomic mass is 10.1. The van der Waals surface area contributed by atoms with Gasteiger partial charge >= 0.3 is 5.97 Å².